The van der Waals surface area contributed by atoms with Gasteiger partial charge in [-0.25, -0.2) is 12.1 Å². The predicted octanol–water partition coefficient (Wildman–Crippen LogP) is -0.809. The van der Waals surface area contributed by atoms with Crippen LogP contribution in [0.15, 0.2) is 24.3 Å². The summed E-state index contributed by atoms with van der Waals surface area (Å²) in [6, 6.07) is 9.37. The largest absolute Gasteiger partial charge is 4.00 e. The zero-order chi connectivity index (χ0) is 13.9. The van der Waals surface area contributed by atoms with Crippen molar-refractivity contribution in [1.82, 2.24) is 0 Å². The molecule has 2 aliphatic rings. The number of aryl methyl sites for hydroxylation is 6. The Morgan fingerprint density at radius 3 is 1.35 bits per heavy atom. The van der Waals surface area contributed by atoms with E-state index in [4.69, 9.17) is 0 Å². The third kappa shape index (κ3) is 6.19. The van der Waals surface area contributed by atoms with Crippen molar-refractivity contribution in [2.45, 2.75) is 65.2 Å². The third-order valence-corrected chi connectivity index (χ3v) is 4.72. The molecule has 0 spiro atoms. The monoisotopic (exact) mass is 426 g/mol. The first-order valence-corrected chi connectivity index (χ1v) is 8.22. The summed E-state index contributed by atoms with van der Waals surface area (Å²) in [7, 11) is 0. The van der Waals surface area contributed by atoms with E-state index in [1.54, 1.807) is 22.3 Å². The van der Waals surface area contributed by atoms with Gasteiger partial charge in [0.25, 0.3) is 0 Å². The van der Waals surface area contributed by atoms with E-state index in [2.05, 4.69) is 38.1 Å². The zero-order valence-corrected chi connectivity index (χ0v) is 18.2. The molecule has 0 amide bonds. The first-order chi connectivity index (χ1) is 9.72. The molecule has 0 saturated carbocycles. The molecule has 0 aliphatic heterocycles. The second-order valence-electron chi connectivity index (χ2n) is 6.58. The first kappa shape index (κ1) is 23.2. The molecule has 0 radical (unpaired) electrons. The molecule has 0 atom stereocenters. The molecular weight excluding hydrogens is 402 g/mol. The number of fused-ring (bicyclic) bond motifs is 2. The van der Waals surface area contributed by atoms with E-state index >= 15 is 0 Å². The summed E-state index contributed by atoms with van der Waals surface area (Å²) in [5.41, 5.74) is 9.36. The molecule has 23 heavy (non-hydrogen) atoms. The van der Waals surface area contributed by atoms with Gasteiger partial charge in [-0.1, -0.05) is 65.2 Å². The van der Waals surface area contributed by atoms with Gasteiger partial charge in [0, 0.05) is 0 Å². The average Bonchev–Trinajstić information content (AvgIpc) is 2.99. The van der Waals surface area contributed by atoms with Crippen LogP contribution in [-0.2, 0) is 51.9 Å². The second kappa shape index (κ2) is 10.9. The summed E-state index contributed by atoms with van der Waals surface area (Å²) in [5.74, 6) is 0. The van der Waals surface area contributed by atoms with Crippen LogP contribution in [0.4, 0.5) is 0 Å². The summed E-state index contributed by atoms with van der Waals surface area (Å²) >= 11 is 0. The Bertz CT molecular complexity index is 481. The molecule has 124 valence electrons. The van der Waals surface area contributed by atoms with Gasteiger partial charge in [0.05, 0.1) is 0 Å². The topological polar surface area (TPSA) is 0 Å². The van der Waals surface area contributed by atoms with Crippen molar-refractivity contribution < 1.29 is 51.0 Å². The maximum atomic E-state index is 2.34. The van der Waals surface area contributed by atoms with E-state index in [-0.39, 0.29) is 51.0 Å². The Balaban J connectivity index is 0.000000372. The second-order valence-corrected chi connectivity index (χ2v) is 6.58. The first-order valence-electron chi connectivity index (χ1n) is 8.22. The Morgan fingerprint density at radius 2 is 1.00 bits per heavy atom. The molecule has 4 rings (SSSR count). The molecule has 0 N–H and O–H groups in total. The number of hydrogen-bond donors (Lipinski definition) is 0. The van der Waals surface area contributed by atoms with Crippen LogP contribution in [0.2, 0.25) is 0 Å². The molecule has 2 aromatic carbocycles. The van der Waals surface area contributed by atoms with Crippen molar-refractivity contribution in [2.24, 2.45) is 0 Å². The number of rotatable bonds is 0. The molecule has 2 aliphatic carbocycles. The van der Waals surface area contributed by atoms with Crippen molar-refractivity contribution in [3.8, 4) is 0 Å². The summed E-state index contributed by atoms with van der Waals surface area (Å²) in [5, 5.41) is 0. The van der Waals surface area contributed by atoms with Crippen molar-refractivity contribution in [3.05, 3.63) is 57.6 Å². The molecular formula is C20H26Cl2Zr. The Kier molecular flexibility index (Phi) is 11.0. The fraction of sp³-hybridized carbons (Fsp3) is 0.500. The van der Waals surface area contributed by atoms with E-state index < -0.39 is 0 Å². The van der Waals surface area contributed by atoms with Crippen LogP contribution in [0.5, 0.6) is 0 Å². The Morgan fingerprint density at radius 1 is 0.652 bits per heavy atom. The van der Waals surface area contributed by atoms with Gasteiger partial charge in [0.15, 0.2) is 0 Å². The van der Waals surface area contributed by atoms with Crippen LogP contribution in [0.25, 0.3) is 0 Å². The number of halogens is 2. The molecule has 0 heterocycles. The fourth-order valence-corrected chi connectivity index (χ4v) is 3.75. The summed E-state index contributed by atoms with van der Waals surface area (Å²) in [6.07, 6.45) is 10.9. The Hall–Kier alpha value is 0.163. The van der Waals surface area contributed by atoms with Crippen LogP contribution in [0, 0.1) is 13.8 Å². The molecule has 0 fully saturated rings. The Labute approximate surface area is 173 Å². The van der Waals surface area contributed by atoms with Gasteiger partial charge in [-0.05, 0) is 0 Å². The number of hydrogen-bond acceptors (Lipinski definition) is 0. The van der Waals surface area contributed by atoms with E-state index in [0.29, 0.717) is 0 Å². The molecule has 2 aromatic rings. The minimum Gasteiger partial charge on any atom is -1.00 e. The van der Waals surface area contributed by atoms with Gasteiger partial charge < -0.3 is 24.8 Å². The van der Waals surface area contributed by atoms with Crippen LogP contribution >= 0.6 is 0 Å². The van der Waals surface area contributed by atoms with E-state index in [1.807, 2.05) is 0 Å². The zero-order valence-electron chi connectivity index (χ0n) is 14.2. The average molecular weight is 429 g/mol. The van der Waals surface area contributed by atoms with Crippen molar-refractivity contribution in [1.29, 1.82) is 0 Å². The van der Waals surface area contributed by atoms with Gasteiger partial charge in [-0.3, -0.25) is 0 Å². The molecule has 0 saturated heterocycles. The van der Waals surface area contributed by atoms with Gasteiger partial charge in [0.1, 0.15) is 0 Å². The van der Waals surface area contributed by atoms with Crippen LogP contribution in [0.3, 0.4) is 0 Å². The van der Waals surface area contributed by atoms with Gasteiger partial charge in [-0.2, -0.15) is 45.5 Å². The maximum Gasteiger partial charge on any atom is 4.00 e. The SMILES string of the molecule is Cc1cc2c([cH-]1)CCCC2.Cc1cc2c([cH-]1)CCCC2.[Cl-].[Cl-].[Zr+4]. The van der Waals surface area contributed by atoms with Crippen molar-refractivity contribution in [2.75, 3.05) is 0 Å². The van der Waals surface area contributed by atoms with Crippen molar-refractivity contribution >= 4 is 0 Å². The van der Waals surface area contributed by atoms with E-state index in [9.17, 15) is 0 Å². The smallest absolute Gasteiger partial charge is 1.00 e. The maximum absolute atomic E-state index is 2.34. The summed E-state index contributed by atoms with van der Waals surface area (Å²) < 4.78 is 0. The molecule has 0 aromatic heterocycles. The normalized spacial score (nSPS) is 14.7. The minimum absolute atomic E-state index is 0. The predicted molar refractivity (Wildman–Crippen MR) is 86.8 cm³/mol. The standard InChI is InChI=1S/2C10H13.2ClH.Zr/c2*1-8-6-9-4-2-3-5-10(9)7-8;;;/h2*6-7H,2-5H2,1H3;2*1H;/q2*-1;;;+4/p-2. The summed E-state index contributed by atoms with van der Waals surface area (Å²) in [6.45, 7) is 4.39. The summed E-state index contributed by atoms with van der Waals surface area (Å²) in [4.78, 5) is 0. The fourth-order valence-electron chi connectivity index (χ4n) is 3.75. The minimum atomic E-state index is 0. The van der Waals surface area contributed by atoms with E-state index in [0.717, 1.165) is 0 Å². The van der Waals surface area contributed by atoms with Crippen LogP contribution < -0.4 is 24.8 Å². The van der Waals surface area contributed by atoms with Gasteiger partial charge in [-0.15, -0.1) is 0 Å². The quantitative estimate of drug-likeness (QED) is 0.482. The van der Waals surface area contributed by atoms with Crippen LogP contribution in [0.1, 0.15) is 59.1 Å². The third-order valence-electron chi connectivity index (χ3n) is 4.72. The van der Waals surface area contributed by atoms with Gasteiger partial charge in [0.2, 0.25) is 0 Å². The molecule has 0 bridgehead atoms. The van der Waals surface area contributed by atoms with Gasteiger partial charge >= 0.3 is 26.2 Å². The molecule has 0 unspecified atom stereocenters. The van der Waals surface area contributed by atoms with Crippen molar-refractivity contribution in [3.63, 3.8) is 0 Å². The molecule has 0 nitrogen and oxygen atoms in total. The van der Waals surface area contributed by atoms with Crippen LogP contribution in [-0.4, -0.2) is 0 Å². The molecule has 3 heteroatoms. The van der Waals surface area contributed by atoms with E-state index in [1.165, 1.54) is 62.5 Å².